The van der Waals surface area contributed by atoms with E-state index in [4.69, 9.17) is 4.74 Å². The first-order valence-corrected chi connectivity index (χ1v) is 8.70. The van der Waals surface area contributed by atoms with E-state index in [2.05, 4.69) is 10.3 Å². The molecule has 0 aliphatic carbocycles. The van der Waals surface area contributed by atoms with Gasteiger partial charge in [0.25, 0.3) is 11.6 Å². The van der Waals surface area contributed by atoms with E-state index in [1.54, 1.807) is 0 Å². The van der Waals surface area contributed by atoms with Gasteiger partial charge in [-0.25, -0.2) is 4.79 Å². The molecule has 1 amide bonds. The molecule has 0 unspecified atom stereocenters. The molecule has 1 heterocycles. The molecule has 8 nitrogen and oxygen atoms in total. The average Bonchev–Trinajstić information content (AvgIpc) is 3.09. The van der Waals surface area contributed by atoms with Gasteiger partial charge in [0.2, 0.25) is 0 Å². The highest BCUT2D eigenvalue weighted by Gasteiger charge is 2.19. The predicted octanol–water partition coefficient (Wildman–Crippen LogP) is 2.90. The third kappa shape index (κ3) is 4.17. The summed E-state index contributed by atoms with van der Waals surface area (Å²) in [5.74, 6) is -1.20. The van der Waals surface area contributed by atoms with E-state index in [0.717, 1.165) is 16.5 Å². The highest BCUT2D eigenvalue weighted by atomic mass is 16.6. The molecule has 0 atom stereocenters. The van der Waals surface area contributed by atoms with Crippen LogP contribution in [0, 0.1) is 17.0 Å². The molecule has 0 spiro atoms. The fourth-order valence-electron chi connectivity index (χ4n) is 2.98. The second-order valence-corrected chi connectivity index (χ2v) is 6.24. The lowest BCUT2D eigenvalue weighted by molar-refractivity contribution is -0.385. The lowest BCUT2D eigenvalue weighted by Gasteiger charge is -2.08. The molecule has 0 bridgehead atoms. The largest absolute Gasteiger partial charge is 0.452 e. The summed E-state index contributed by atoms with van der Waals surface area (Å²) in [6.45, 7) is 1.42. The van der Waals surface area contributed by atoms with E-state index < -0.39 is 23.4 Å². The first-order valence-electron chi connectivity index (χ1n) is 8.70. The van der Waals surface area contributed by atoms with Crippen LogP contribution in [0.15, 0.2) is 48.7 Å². The van der Waals surface area contributed by atoms with Crippen LogP contribution in [-0.4, -0.2) is 34.9 Å². The van der Waals surface area contributed by atoms with Crippen molar-refractivity contribution < 1.29 is 19.2 Å². The molecule has 28 heavy (non-hydrogen) atoms. The number of fused-ring (bicyclic) bond motifs is 1. The average molecular weight is 381 g/mol. The quantitative estimate of drug-likeness (QED) is 0.371. The van der Waals surface area contributed by atoms with E-state index >= 15 is 0 Å². The predicted molar refractivity (Wildman–Crippen MR) is 103 cm³/mol. The number of carbonyl (C=O) groups is 2. The number of benzene rings is 2. The Hall–Kier alpha value is -3.68. The Labute approximate surface area is 160 Å². The number of hydrogen-bond donors (Lipinski definition) is 2. The minimum absolute atomic E-state index is 0.0702. The molecule has 1 aromatic heterocycles. The van der Waals surface area contributed by atoms with Gasteiger partial charge in [-0.05, 0) is 31.0 Å². The SMILES string of the molecule is Cc1c(C(=O)OCC(=O)NCCc2c[nH]c3ccccc23)cccc1[N+](=O)[O-]. The fraction of sp³-hybridized carbons (Fsp3) is 0.200. The topological polar surface area (TPSA) is 114 Å². The number of rotatable bonds is 7. The van der Waals surface area contributed by atoms with Gasteiger partial charge in [-0.3, -0.25) is 14.9 Å². The third-order valence-electron chi connectivity index (χ3n) is 4.45. The van der Waals surface area contributed by atoms with Crippen LogP contribution in [0.3, 0.4) is 0 Å². The van der Waals surface area contributed by atoms with Crippen molar-refractivity contribution in [3.05, 3.63) is 75.5 Å². The van der Waals surface area contributed by atoms with Gasteiger partial charge in [-0.15, -0.1) is 0 Å². The van der Waals surface area contributed by atoms with Gasteiger partial charge in [0.15, 0.2) is 6.61 Å². The monoisotopic (exact) mass is 381 g/mol. The first kappa shape index (κ1) is 19.1. The molecule has 3 rings (SSSR count). The van der Waals surface area contributed by atoms with Crippen molar-refractivity contribution in [2.24, 2.45) is 0 Å². The number of H-pyrrole nitrogens is 1. The zero-order valence-electron chi connectivity index (χ0n) is 15.2. The normalized spacial score (nSPS) is 10.6. The Morgan fingerprint density at radius 2 is 1.96 bits per heavy atom. The van der Waals surface area contributed by atoms with E-state index in [1.165, 1.54) is 25.1 Å². The highest BCUT2D eigenvalue weighted by molar-refractivity contribution is 5.93. The molecular formula is C20H19N3O5. The van der Waals surface area contributed by atoms with Crippen molar-refractivity contribution in [1.82, 2.24) is 10.3 Å². The van der Waals surface area contributed by atoms with Crippen molar-refractivity contribution in [3.63, 3.8) is 0 Å². The van der Waals surface area contributed by atoms with Crippen LogP contribution in [0.2, 0.25) is 0 Å². The maximum atomic E-state index is 12.1. The van der Waals surface area contributed by atoms with Crippen LogP contribution in [0.1, 0.15) is 21.5 Å². The number of hydrogen-bond acceptors (Lipinski definition) is 5. The van der Waals surface area contributed by atoms with E-state index in [-0.39, 0.29) is 16.8 Å². The second kappa shape index (κ2) is 8.34. The number of nitrogens with zero attached hydrogens (tertiary/aromatic N) is 1. The Morgan fingerprint density at radius 3 is 2.75 bits per heavy atom. The fourth-order valence-corrected chi connectivity index (χ4v) is 2.98. The molecule has 0 radical (unpaired) electrons. The van der Waals surface area contributed by atoms with Crippen molar-refractivity contribution in [2.45, 2.75) is 13.3 Å². The number of ether oxygens (including phenoxy) is 1. The molecule has 144 valence electrons. The van der Waals surface area contributed by atoms with Crippen molar-refractivity contribution in [2.75, 3.05) is 13.2 Å². The minimum Gasteiger partial charge on any atom is -0.452 e. The molecular weight excluding hydrogens is 362 g/mol. The number of amides is 1. The summed E-state index contributed by atoms with van der Waals surface area (Å²) >= 11 is 0. The van der Waals surface area contributed by atoms with Crippen LogP contribution in [0.25, 0.3) is 10.9 Å². The molecule has 2 N–H and O–H groups in total. The third-order valence-corrected chi connectivity index (χ3v) is 4.45. The van der Waals surface area contributed by atoms with Gasteiger partial charge in [-0.2, -0.15) is 0 Å². The van der Waals surface area contributed by atoms with E-state index in [9.17, 15) is 19.7 Å². The van der Waals surface area contributed by atoms with Crippen LogP contribution >= 0.6 is 0 Å². The minimum atomic E-state index is -0.770. The summed E-state index contributed by atoms with van der Waals surface area (Å²) in [4.78, 5) is 37.6. The highest BCUT2D eigenvalue weighted by Crippen LogP contribution is 2.21. The maximum Gasteiger partial charge on any atom is 0.339 e. The Bertz CT molecular complexity index is 1040. The smallest absolute Gasteiger partial charge is 0.339 e. The van der Waals surface area contributed by atoms with Gasteiger partial charge < -0.3 is 15.0 Å². The summed E-state index contributed by atoms with van der Waals surface area (Å²) in [6.07, 6.45) is 2.54. The summed E-state index contributed by atoms with van der Waals surface area (Å²) in [5.41, 5.74) is 2.22. The Morgan fingerprint density at radius 1 is 1.18 bits per heavy atom. The molecule has 0 aliphatic heterocycles. The van der Waals surface area contributed by atoms with Crippen molar-refractivity contribution >= 4 is 28.5 Å². The van der Waals surface area contributed by atoms with Gasteiger partial charge in [0, 0.05) is 35.3 Å². The number of aromatic amines is 1. The molecule has 8 heteroatoms. The molecule has 2 aromatic carbocycles. The number of carbonyl (C=O) groups excluding carboxylic acids is 2. The van der Waals surface area contributed by atoms with Crippen LogP contribution in [0.4, 0.5) is 5.69 Å². The zero-order chi connectivity index (χ0) is 20.1. The number of para-hydroxylation sites is 1. The van der Waals surface area contributed by atoms with Crippen LogP contribution in [-0.2, 0) is 16.0 Å². The van der Waals surface area contributed by atoms with Crippen LogP contribution in [0.5, 0.6) is 0 Å². The summed E-state index contributed by atoms with van der Waals surface area (Å²) in [7, 11) is 0. The van der Waals surface area contributed by atoms with Crippen LogP contribution < -0.4 is 5.32 Å². The summed E-state index contributed by atoms with van der Waals surface area (Å²) in [5, 5.41) is 14.7. The van der Waals surface area contributed by atoms with Crippen molar-refractivity contribution in [1.29, 1.82) is 0 Å². The number of nitro benzene ring substituents is 1. The van der Waals surface area contributed by atoms with Gasteiger partial charge in [0.1, 0.15) is 0 Å². The van der Waals surface area contributed by atoms with Crippen molar-refractivity contribution in [3.8, 4) is 0 Å². The van der Waals surface area contributed by atoms with Gasteiger partial charge in [-0.1, -0.05) is 24.3 Å². The Balaban J connectivity index is 1.50. The number of aromatic nitrogens is 1. The van der Waals surface area contributed by atoms with Gasteiger partial charge >= 0.3 is 5.97 Å². The zero-order valence-corrected chi connectivity index (χ0v) is 15.2. The standard InChI is InChI=1S/C20H19N3O5/c1-13-15(6-4-8-18(13)23(26)27)20(25)28-12-19(24)21-10-9-14-11-22-17-7-3-2-5-16(14)17/h2-8,11,22H,9-10,12H2,1H3,(H,21,24). The molecule has 0 saturated carbocycles. The maximum absolute atomic E-state index is 12.1. The van der Waals surface area contributed by atoms with E-state index in [0.29, 0.717) is 13.0 Å². The number of nitrogens with one attached hydrogen (secondary N) is 2. The summed E-state index contributed by atoms with van der Waals surface area (Å²) in [6, 6.07) is 12.0. The number of esters is 1. The summed E-state index contributed by atoms with van der Waals surface area (Å²) < 4.78 is 4.98. The Kier molecular flexibility index (Phi) is 5.69. The molecule has 0 fully saturated rings. The lowest BCUT2D eigenvalue weighted by Crippen LogP contribution is -2.30. The first-order chi connectivity index (χ1) is 13.5. The lowest BCUT2D eigenvalue weighted by atomic mass is 10.1. The molecule has 0 aliphatic rings. The van der Waals surface area contributed by atoms with Gasteiger partial charge in [0.05, 0.1) is 10.5 Å². The van der Waals surface area contributed by atoms with E-state index in [1.807, 2.05) is 30.5 Å². The molecule has 0 saturated heterocycles. The second-order valence-electron chi connectivity index (χ2n) is 6.24. The molecule has 3 aromatic rings. The number of nitro groups is 1.